The third-order valence-electron chi connectivity index (χ3n) is 2.43. The van der Waals surface area contributed by atoms with Crippen LogP contribution in [0.3, 0.4) is 0 Å². The molecule has 0 amide bonds. The van der Waals surface area contributed by atoms with Gasteiger partial charge in [0.1, 0.15) is 0 Å². The average molecular weight is 282 g/mol. The number of aromatic nitrogens is 1. The summed E-state index contributed by atoms with van der Waals surface area (Å²) in [6.45, 7) is 0. The van der Waals surface area contributed by atoms with Gasteiger partial charge in [0, 0.05) is 18.0 Å². The van der Waals surface area contributed by atoms with E-state index in [4.69, 9.17) is 5.73 Å². The smallest absolute Gasteiger partial charge is 0.403 e. The zero-order valence-electron chi connectivity index (χ0n) is 10.0. The molecule has 0 aliphatic carbocycles. The van der Waals surface area contributed by atoms with Gasteiger partial charge in [0.25, 0.3) is 0 Å². The third kappa shape index (κ3) is 3.05. The first kappa shape index (κ1) is 13.9. The summed E-state index contributed by atoms with van der Waals surface area (Å²) in [5, 5.41) is 0. The van der Waals surface area contributed by atoms with Crippen molar-refractivity contribution >= 4 is 11.5 Å². The fourth-order valence-corrected chi connectivity index (χ4v) is 1.62. The lowest BCUT2D eigenvalue weighted by Crippen LogP contribution is -2.20. The fourth-order valence-electron chi connectivity index (χ4n) is 1.62. The van der Waals surface area contributed by atoms with Gasteiger partial charge < -0.3 is 10.5 Å². The largest absolute Gasteiger partial charge is 0.573 e. The van der Waals surface area contributed by atoms with E-state index in [1.165, 1.54) is 42.7 Å². The van der Waals surface area contributed by atoms with Crippen LogP contribution in [-0.2, 0) is 0 Å². The molecule has 2 rings (SSSR count). The number of rotatable bonds is 3. The predicted octanol–water partition coefficient (Wildman–Crippen LogP) is 2.79. The number of hydrogen-bond acceptors (Lipinski definition) is 4. The summed E-state index contributed by atoms with van der Waals surface area (Å²) >= 11 is 0. The molecule has 1 aromatic heterocycles. The van der Waals surface area contributed by atoms with Gasteiger partial charge in [-0.3, -0.25) is 9.78 Å². The molecule has 2 aromatic rings. The fraction of sp³-hybridized carbons (Fsp3) is 0.0769. The third-order valence-corrected chi connectivity index (χ3v) is 2.43. The number of halogens is 3. The van der Waals surface area contributed by atoms with E-state index in [1.807, 2.05) is 0 Å². The number of anilines is 1. The number of pyridine rings is 1. The molecule has 0 aliphatic heterocycles. The molecule has 104 valence electrons. The molecule has 0 spiro atoms. The predicted molar refractivity (Wildman–Crippen MR) is 65.2 cm³/mol. The maximum atomic E-state index is 12.4. The number of carbonyl (C=O) groups is 1. The van der Waals surface area contributed by atoms with Crippen LogP contribution in [0.5, 0.6) is 5.75 Å². The molecule has 0 fully saturated rings. The first-order chi connectivity index (χ1) is 9.38. The van der Waals surface area contributed by atoms with Gasteiger partial charge in [-0.25, -0.2) is 0 Å². The van der Waals surface area contributed by atoms with Crippen LogP contribution in [-0.4, -0.2) is 17.1 Å². The highest BCUT2D eigenvalue weighted by molar-refractivity contribution is 6.11. The molecule has 0 atom stereocenters. The lowest BCUT2D eigenvalue weighted by Gasteiger charge is -2.14. The van der Waals surface area contributed by atoms with Crippen molar-refractivity contribution in [1.29, 1.82) is 0 Å². The number of para-hydroxylation sites is 1. The van der Waals surface area contributed by atoms with Gasteiger partial charge in [0.15, 0.2) is 11.5 Å². The van der Waals surface area contributed by atoms with Crippen molar-refractivity contribution < 1.29 is 22.7 Å². The van der Waals surface area contributed by atoms with Crippen molar-refractivity contribution in [2.45, 2.75) is 6.36 Å². The number of alkyl halides is 3. The number of nitrogens with zero attached hydrogens (tertiary/aromatic N) is 1. The Balaban J connectivity index is 2.47. The molecule has 1 heterocycles. The maximum absolute atomic E-state index is 12.4. The summed E-state index contributed by atoms with van der Waals surface area (Å²) in [7, 11) is 0. The molecule has 1 aromatic carbocycles. The van der Waals surface area contributed by atoms with Crippen LogP contribution in [0.25, 0.3) is 0 Å². The van der Waals surface area contributed by atoms with Gasteiger partial charge in [-0.05, 0) is 24.3 Å². The lowest BCUT2D eigenvalue weighted by atomic mass is 10.0. The summed E-state index contributed by atoms with van der Waals surface area (Å²) < 4.78 is 40.9. The maximum Gasteiger partial charge on any atom is 0.573 e. The van der Waals surface area contributed by atoms with Gasteiger partial charge >= 0.3 is 6.36 Å². The average Bonchev–Trinajstić information content (AvgIpc) is 2.40. The van der Waals surface area contributed by atoms with E-state index in [9.17, 15) is 18.0 Å². The minimum Gasteiger partial charge on any atom is -0.403 e. The number of benzene rings is 1. The summed E-state index contributed by atoms with van der Waals surface area (Å²) in [6, 6.07) is 6.76. The summed E-state index contributed by atoms with van der Waals surface area (Å²) in [6.07, 6.45) is -2.23. The zero-order chi connectivity index (χ0) is 14.8. The van der Waals surface area contributed by atoms with Crippen LogP contribution in [0.4, 0.5) is 18.9 Å². The number of nitrogens with two attached hydrogens (primary N) is 1. The standard InChI is InChI=1S/C13H9F3N2O2/c14-13(15,16)20-12-9(4-1-5-10(12)17)11(19)8-3-2-6-18-7-8/h1-7H,17H2. The Morgan fingerprint density at radius 1 is 1.20 bits per heavy atom. The topological polar surface area (TPSA) is 65.2 Å². The van der Waals surface area contributed by atoms with E-state index < -0.39 is 17.9 Å². The van der Waals surface area contributed by atoms with Crippen LogP contribution in [0.2, 0.25) is 0 Å². The Labute approximate surface area is 112 Å². The van der Waals surface area contributed by atoms with Crippen LogP contribution in [0.15, 0.2) is 42.7 Å². The lowest BCUT2D eigenvalue weighted by molar-refractivity contribution is -0.274. The van der Waals surface area contributed by atoms with Crippen molar-refractivity contribution in [2.24, 2.45) is 0 Å². The van der Waals surface area contributed by atoms with E-state index in [2.05, 4.69) is 9.72 Å². The van der Waals surface area contributed by atoms with E-state index >= 15 is 0 Å². The molecule has 0 saturated heterocycles. The highest BCUT2D eigenvalue weighted by atomic mass is 19.4. The highest BCUT2D eigenvalue weighted by Gasteiger charge is 2.34. The zero-order valence-corrected chi connectivity index (χ0v) is 10.0. The van der Waals surface area contributed by atoms with Gasteiger partial charge in [0.05, 0.1) is 11.3 Å². The van der Waals surface area contributed by atoms with Crippen LogP contribution < -0.4 is 10.5 Å². The molecule has 0 radical (unpaired) electrons. The van der Waals surface area contributed by atoms with E-state index in [0.29, 0.717) is 0 Å². The Kier molecular flexibility index (Phi) is 3.60. The minimum absolute atomic E-state index is 0.144. The van der Waals surface area contributed by atoms with Crippen LogP contribution in [0.1, 0.15) is 15.9 Å². The Bertz CT molecular complexity index is 627. The van der Waals surface area contributed by atoms with Crippen molar-refractivity contribution in [3.8, 4) is 5.75 Å². The molecule has 20 heavy (non-hydrogen) atoms. The van der Waals surface area contributed by atoms with Gasteiger partial charge in [-0.1, -0.05) is 6.07 Å². The second-order valence-electron chi connectivity index (χ2n) is 3.84. The second kappa shape index (κ2) is 5.20. The Hall–Kier alpha value is -2.57. The monoisotopic (exact) mass is 282 g/mol. The number of ether oxygens (including phenoxy) is 1. The molecule has 2 N–H and O–H groups in total. The second-order valence-corrected chi connectivity index (χ2v) is 3.84. The van der Waals surface area contributed by atoms with Crippen molar-refractivity contribution in [3.05, 3.63) is 53.9 Å². The van der Waals surface area contributed by atoms with Gasteiger partial charge in [-0.15, -0.1) is 13.2 Å². The quantitative estimate of drug-likeness (QED) is 0.694. The van der Waals surface area contributed by atoms with Crippen molar-refractivity contribution in [3.63, 3.8) is 0 Å². The number of carbonyl (C=O) groups excluding carboxylic acids is 1. The highest BCUT2D eigenvalue weighted by Crippen LogP contribution is 2.33. The number of hydrogen-bond donors (Lipinski definition) is 1. The summed E-state index contributed by atoms with van der Waals surface area (Å²) in [5.74, 6) is -1.35. The van der Waals surface area contributed by atoms with E-state index in [1.54, 1.807) is 0 Å². The van der Waals surface area contributed by atoms with E-state index in [0.717, 1.165) is 0 Å². The Morgan fingerprint density at radius 3 is 2.55 bits per heavy atom. The number of ketones is 1. The molecular weight excluding hydrogens is 273 g/mol. The normalized spacial score (nSPS) is 11.2. The Morgan fingerprint density at radius 2 is 1.95 bits per heavy atom. The SMILES string of the molecule is Nc1cccc(C(=O)c2cccnc2)c1OC(F)(F)F. The first-order valence-corrected chi connectivity index (χ1v) is 5.47. The van der Waals surface area contributed by atoms with Crippen LogP contribution in [0, 0.1) is 0 Å². The van der Waals surface area contributed by atoms with Gasteiger partial charge in [-0.2, -0.15) is 0 Å². The summed E-state index contributed by atoms with van der Waals surface area (Å²) in [4.78, 5) is 15.9. The number of nitrogen functional groups attached to an aromatic ring is 1. The molecule has 0 bridgehead atoms. The molecular formula is C13H9F3N2O2. The van der Waals surface area contributed by atoms with E-state index in [-0.39, 0.29) is 16.8 Å². The molecule has 0 unspecified atom stereocenters. The minimum atomic E-state index is -4.93. The van der Waals surface area contributed by atoms with Crippen LogP contribution >= 0.6 is 0 Å². The first-order valence-electron chi connectivity index (χ1n) is 5.47. The van der Waals surface area contributed by atoms with Gasteiger partial charge in [0.2, 0.25) is 0 Å². The molecule has 4 nitrogen and oxygen atoms in total. The van der Waals surface area contributed by atoms with Crippen molar-refractivity contribution in [1.82, 2.24) is 4.98 Å². The summed E-state index contributed by atoms with van der Waals surface area (Å²) in [5.41, 5.74) is 5.06. The molecule has 0 saturated carbocycles. The van der Waals surface area contributed by atoms with Crippen molar-refractivity contribution in [2.75, 3.05) is 5.73 Å². The molecule has 0 aliphatic rings. The molecule has 7 heteroatoms.